The summed E-state index contributed by atoms with van der Waals surface area (Å²) in [6.45, 7) is 3.26. The zero-order chi connectivity index (χ0) is 28.6. The Labute approximate surface area is 240 Å². The second kappa shape index (κ2) is 9.02. The van der Waals surface area contributed by atoms with Crippen LogP contribution < -0.4 is 20.9 Å². The number of benzene rings is 3. The van der Waals surface area contributed by atoms with Gasteiger partial charge in [-0.2, -0.15) is 0 Å². The van der Waals surface area contributed by atoms with Gasteiger partial charge in [-0.15, -0.1) is 0 Å². The summed E-state index contributed by atoms with van der Waals surface area (Å²) in [5.74, 6) is -3.23. The quantitative estimate of drug-likeness (QED) is 0.274. The van der Waals surface area contributed by atoms with Crippen LogP contribution in [0.3, 0.4) is 0 Å². The van der Waals surface area contributed by atoms with Crippen molar-refractivity contribution in [3.8, 4) is 0 Å². The SMILES string of the molecule is CC(=O)Nc1ccc(N2C(=O)[C@@H]3[C@H](Cc4c[nH]c5ccccc45)N[C@@]4(C(=O)Nc5c(C)cc(Cl)cc54)[C@H]3C2=O)cc1. The van der Waals surface area contributed by atoms with Crippen LogP contribution in [-0.2, 0) is 31.1 Å². The van der Waals surface area contributed by atoms with E-state index in [9.17, 15) is 19.2 Å². The number of nitrogens with zero attached hydrogens (tertiary/aromatic N) is 1. The third-order valence-electron chi connectivity index (χ3n) is 8.55. The summed E-state index contributed by atoms with van der Waals surface area (Å²) < 4.78 is 0. The maximum Gasteiger partial charge on any atom is 0.250 e. The van der Waals surface area contributed by atoms with Gasteiger partial charge in [-0.05, 0) is 66.9 Å². The number of imide groups is 1. The number of hydrogen-bond acceptors (Lipinski definition) is 5. The first-order valence-electron chi connectivity index (χ1n) is 13.4. The zero-order valence-corrected chi connectivity index (χ0v) is 23.0. The number of halogens is 1. The Morgan fingerprint density at radius 1 is 1.05 bits per heavy atom. The van der Waals surface area contributed by atoms with Gasteiger partial charge in [-0.25, -0.2) is 4.90 Å². The van der Waals surface area contributed by atoms with E-state index < -0.39 is 29.3 Å². The maximum absolute atomic E-state index is 14.3. The molecule has 4 aromatic rings. The van der Waals surface area contributed by atoms with E-state index in [1.54, 1.807) is 36.4 Å². The molecule has 41 heavy (non-hydrogen) atoms. The number of carbonyl (C=O) groups excluding carboxylic acids is 4. The Morgan fingerprint density at radius 2 is 1.80 bits per heavy atom. The van der Waals surface area contributed by atoms with Crippen molar-refractivity contribution in [3.63, 3.8) is 0 Å². The Kier molecular flexibility index (Phi) is 5.61. The van der Waals surface area contributed by atoms with E-state index in [-0.39, 0.29) is 17.7 Å². The van der Waals surface area contributed by atoms with Crippen molar-refractivity contribution < 1.29 is 19.2 Å². The number of para-hydroxylation sites is 1. The molecular weight excluding hydrogens is 542 g/mol. The van der Waals surface area contributed by atoms with Gasteiger partial charge in [-0.3, -0.25) is 24.5 Å². The summed E-state index contributed by atoms with van der Waals surface area (Å²) in [6.07, 6.45) is 2.33. The van der Waals surface area contributed by atoms with Gasteiger partial charge in [0.05, 0.1) is 17.5 Å². The van der Waals surface area contributed by atoms with Crippen LogP contribution in [0.4, 0.5) is 17.1 Å². The molecule has 2 saturated heterocycles. The molecule has 0 bridgehead atoms. The number of H-pyrrole nitrogens is 1. The number of fused-ring (bicyclic) bond motifs is 5. The lowest BCUT2D eigenvalue weighted by Crippen LogP contribution is -2.53. The number of aromatic amines is 1. The minimum atomic E-state index is -1.47. The Hall–Kier alpha value is -4.47. The molecule has 0 aliphatic carbocycles. The highest BCUT2D eigenvalue weighted by atomic mass is 35.5. The average molecular weight is 568 g/mol. The number of amides is 4. The number of hydrogen-bond donors (Lipinski definition) is 4. The summed E-state index contributed by atoms with van der Waals surface area (Å²) in [5, 5.41) is 10.6. The lowest BCUT2D eigenvalue weighted by atomic mass is 9.76. The highest BCUT2D eigenvalue weighted by molar-refractivity contribution is 6.31. The van der Waals surface area contributed by atoms with Gasteiger partial charge < -0.3 is 15.6 Å². The Morgan fingerprint density at radius 3 is 2.56 bits per heavy atom. The lowest BCUT2D eigenvalue weighted by molar-refractivity contribution is -0.130. The second-order valence-electron chi connectivity index (χ2n) is 11.0. The van der Waals surface area contributed by atoms with Crippen LogP contribution in [0.15, 0.2) is 66.9 Å². The minimum absolute atomic E-state index is 0.228. The predicted octanol–water partition coefficient (Wildman–Crippen LogP) is 4.26. The Balaban J connectivity index is 1.35. The standard InChI is InChI=1S/C31H26ClN5O4/c1-15-11-18(32)13-22-27(15)35-30(41)31(22)26-25(24(36-31)12-17-14-33-23-6-4-3-5-21(17)23)28(39)37(29(26)40)20-9-7-19(8-10-20)34-16(2)38/h3-11,13-14,24-26,33,36H,12H2,1-2H3,(H,34,38)(H,35,41)/t24-,25+,26+,31+/m0/s1. The number of rotatable bonds is 4. The fourth-order valence-electron chi connectivity index (χ4n) is 6.90. The van der Waals surface area contributed by atoms with Gasteiger partial charge >= 0.3 is 0 Å². The smallest absolute Gasteiger partial charge is 0.250 e. The monoisotopic (exact) mass is 567 g/mol. The van der Waals surface area contributed by atoms with Crippen molar-refractivity contribution in [1.29, 1.82) is 0 Å². The van der Waals surface area contributed by atoms with Crippen LogP contribution in [-0.4, -0.2) is 34.7 Å². The molecule has 1 aromatic heterocycles. The number of nitrogens with one attached hydrogen (secondary N) is 4. The fourth-order valence-corrected chi connectivity index (χ4v) is 7.17. The number of carbonyl (C=O) groups is 4. The third kappa shape index (κ3) is 3.66. The molecule has 4 N–H and O–H groups in total. The van der Waals surface area contributed by atoms with Crippen LogP contribution in [0.25, 0.3) is 10.9 Å². The molecule has 206 valence electrons. The van der Waals surface area contributed by atoms with Gasteiger partial charge in [0.25, 0.3) is 0 Å². The van der Waals surface area contributed by atoms with E-state index in [0.29, 0.717) is 34.1 Å². The van der Waals surface area contributed by atoms with Crippen molar-refractivity contribution in [3.05, 3.63) is 88.6 Å². The van der Waals surface area contributed by atoms with Crippen LogP contribution in [0, 0.1) is 18.8 Å². The van der Waals surface area contributed by atoms with E-state index in [2.05, 4.69) is 20.9 Å². The van der Waals surface area contributed by atoms with E-state index >= 15 is 0 Å². The summed E-state index contributed by atoms with van der Waals surface area (Å²) >= 11 is 6.47. The first-order chi connectivity index (χ1) is 19.7. The summed E-state index contributed by atoms with van der Waals surface area (Å²) in [5.41, 5.74) is 3.36. The predicted molar refractivity (Wildman–Crippen MR) is 156 cm³/mol. The molecule has 3 aromatic carbocycles. The van der Waals surface area contributed by atoms with Crippen molar-refractivity contribution in [2.45, 2.75) is 31.8 Å². The van der Waals surface area contributed by atoms with E-state index in [4.69, 9.17) is 11.6 Å². The molecular formula is C31H26ClN5O4. The molecule has 1 spiro atoms. The van der Waals surface area contributed by atoms with Crippen LogP contribution in [0.1, 0.15) is 23.6 Å². The molecule has 0 saturated carbocycles. The average Bonchev–Trinajstić information content (AvgIpc) is 3.64. The molecule has 9 nitrogen and oxygen atoms in total. The number of aromatic nitrogens is 1. The minimum Gasteiger partial charge on any atom is -0.361 e. The van der Waals surface area contributed by atoms with E-state index in [1.807, 2.05) is 37.4 Å². The molecule has 0 unspecified atom stereocenters. The zero-order valence-electron chi connectivity index (χ0n) is 22.2. The lowest BCUT2D eigenvalue weighted by Gasteiger charge is -2.29. The van der Waals surface area contributed by atoms with Gasteiger partial charge in [0.15, 0.2) is 0 Å². The molecule has 3 aliphatic rings. The normalized spacial score (nSPS) is 24.7. The van der Waals surface area contributed by atoms with E-state index in [0.717, 1.165) is 22.0 Å². The van der Waals surface area contributed by atoms with Gasteiger partial charge in [0.2, 0.25) is 23.6 Å². The number of aryl methyl sites for hydroxylation is 1. The second-order valence-corrected chi connectivity index (χ2v) is 11.4. The molecule has 4 atom stereocenters. The van der Waals surface area contributed by atoms with Crippen molar-refractivity contribution >= 4 is 63.2 Å². The molecule has 4 amide bonds. The van der Waals surface area contributed by atoms with Gasteiger partial charge in [-0.1, -0.05) is 29.8 Å². The highest BCUT2D eigenvalue weighted by Gasteiger charge is 2.70. The highest BCUT2D eigenvalue weighted by Crippen LogP contribution is 2.55. The van der Waals surface area contributed by atoms with Crippen molar-refractivity contribution in [2.24, 2.45) is 11.8 Å². The fraction of sp³-hybridized carbons (Fsp3) is 0.226. The topological polar surface area (TPSA) is 123 Å². The number of anilines is 3. The summed E-state index contributed by atoms with van der Waals surface area (Å²) in [6, 6.07) is 17.4. The first kappa shape index (κ1) is 25.5. The maximum atomic E-state index is 14.3. The van der Waals surface area contributed by atoms with Crippen molar-refractivity contribution in [2.75, 3.05) is 15.5 Å². The van der Waals surface area contributed by atoms with Crippen LogP contribution in [0.2, 0.25) is 5.02 Å². The molecule has 2 fully saturated rings. The molecule has 7 rings (SSSR count). The van der Waals surface area contributed by atoms with Crippen LogP contribution in [0.5, 0.6) is 0 Å². The van der Waals surface area contributed by atoms with Crippen molar-refractivity contribution in [1.82, 2.24) is 10.3 Å². The van der Waals surface area contributed by atoms with Gasteiger partial charge in [0.1, 0.15) is 5.54 Å². The summed E-state index contributed by atoms with van der Waals surface area (Å²) in [4.78, 5) is 58.3. The summed E-state index contributed by atoms with van der Waals surface area (Å²) in [7, 11) is 0. The molecule has 3 aliphatic heterocycles. The first-order valence-corrected chi connectivity index (χ1v) is 13.8. The Bertz CT molecular complexity index is 1800. The van der Waals surface area contributed by atoms with Gasteiger partial charge in [0, 0.05) is 52.0 Å². The van der Waals surface area contributed by atoms with Crippen LogP contribution >= 0.6 is 11.6 Å². The molecule has 10 heteroatoms. The molecule has 0 radical (unpaired) electrons. The van der Waals surface area contributed by atoms with E-state index in [1.165, 1.54) is 11.8 Å². The molecule has 4 heterocycles. The largest absolute Gasteiger partial charge is 0.361 e. The third-order valence-corrected chi connectivity index (χ3v) is 8.76.